The second kappa shape index (κ2) is 4.94. The molecule has 1 saturated heterocycles. The average Bonchev–Trinajstić information content (AvgIpc) is 2.23. The lowest BCUT2D eigenvalue weighted by molar-refractivity contribution is -0.117. The molecule has 0 aromatic heterocycles. The Balaban J connectivity index is 2.10. The molecule has 110 valence electrons. The van der Waals surface area contributed by atoms with E-state index in [0.717, 1.165) is 19.3 Å². The molecule has 0 bridgehead atoms. The molecule has 2 atom stereocenters. The van der Waals surface area contributed by atoms with E-state index in [1.54, 1.807) is 4.90 Å². The highest BCUT2D eigenvalue weighted by atomic mass is 16.6. The number of carbonyl (C=O) groups is 1. The quantitative estimate of drug-likeness (QED) is 0.758. The van der Waals surface area contributed by atoms with E-state index in [0.29, 0.717) is 13.0 Å². The first-order valence-electron chi connectivity index (χ1n) is 7.06. The Bertz CT molecular complexity index is 346. The lowest BCUT2D eigenvalue weighted by atomic mass is 9.61. The van der Waals surface area contributed by atoms with E-state index < -0.39 is 11.7 Å². The first-order chi connectivity index (χ1) is 8.77. The molecule has 5 nitrogen and oxygen atoms in total. The van der Waals surface area contributed by atoms with Crippen molar-refractivity contribution in [2.75, 3.05) is 13.2 Å². The number of aliphatic hydroxyl groups is 2. The van der Waals surface area contributed by atoms with Crippen LogP contribution in [-0.2, 0) is 4.74 Å². The molecule has 0 aromatic carbocycles. The van der Waals surface area contributed by atoms with Gasteiger partial charge in [0, 0.05) is 12.0 Å². The molecule has 1 heterocycles. The second-order valence-corrected chi connectivity index (χ2v) is 6.91. The summed E-state index contributed by atoms with van der Waals surface area (Å²) in [4.78, 5) is 13.8. The molecule has 19 heavy (non-hydrogen) atoms. The van der Waals surface area contributed by atoms with Gasteiger partial charge < -0.3 is 19.8 Å². The molecule has 1 spiro atoms. The summed E-state index contributed by atoms with van der Waals surface area (Å²) in [7, 11) is 0. The Morgan fingerprint density at radius 1 is 1.42 bits per heavy atom. The fraction of sp³-hybridized carbons (Fsp3) is 0.929. The number of likely N-dealkylation sites (tertiary alicyclic amines) is 1. The SMILES string of the molecule is CC(C)(C)OC(=O)N1CC2(CCC2)[C@H](O)C[C@H]1CO. The molecule has 1 aliphatic heterocycles. The van der Waals surface area contributed by atoms with Crippen LogP contribution in [0, 0.1) is 5.41 Å². The van der Waals surface area contributed by atoms with E-state index in [2.05, 4.69) is 0 Å². The van der Waals surface area contributed by atoms with Crippen molar-refractivity contribution in [3.63, 3.8) is 0 Å². The van der Waals surface area contributed by atoms with Crippen molar-refractivity contribution in [2.24, 2.45) is 5.41 Å². The van der Waals surface area contributed by atoms with E-state index in [1.807, 2.05) is 20.8 Å². The van der Waals surface area contributed by atoms with Gasteiger partial charge in [-0.15, -0.1) is 0 Å². The summed E-state index contributed by atoms with van der Waals surface area (Å²) < 4.78 is 5.40. The standard InChI is InChI=1S/C14H25NO4/c1-13(2,3)19-12(18)15-9-14(5-4-6-14)11(17)7-10(15)8-16/h10-11,16-17H,4-9H2,1-3H3/t10-,11+/m0/s1. The average molecular weight is 271 g/mol. The smallest absolute Gasteiger partial charge is 0.410 e. The molecule has 2 rings (SSSR count). The van der Waals surface area contributed by atoms with E-state index in [-0.39, 0.29) is 24.2 Å². The van der Waals surface area contributed by atoms with Crippen LogP contribution in [0.3, 0.4) is 0 Å². The molecule has 1 saturated carbocycles. The first-order valence-corrected chi connectivity index (χ1v) is 7.06. The molecule has 0 unspecified atom stereocenters. The third-order valence-electron chi connectivity index (χ3n) is 4.32. The number of carbonyl (C=O) groups excluding carboxylic acids is 1. The maximum atomic E-state index is 12.2. The van der Waals surface area contributed by atoms with Gasteiger partial charge in [0.15, 0.2) is 0 Å². The van der Waals surface area contributed by atoms with Gasteiger partial charge in [-0.3, -0.25) is 0 Å². The van der Waals surface area contributed by atoms with Crippen molar-refractivity contribution in [2.45, 2.75) is 64.2 Å². The van der Waals surface area contributed by atoms with Crippen LogP contribution in [0.1, 0.15) is 46.5 Å². The molecule has 5 heteroatoms. The molecule has 1 aliphatic carbocycles. The van der Waals surface area contributed by atoms with Crippen molar-refractivity contribution in [1.29, 1.82) is 0 Å². The minimum atomic E-state index is -0.542. The lowest BCUT2D eigenvalue weighted by Crippen LogP contribution is -2.61. The van der Waals surface area contributed by atoms with Crippen LogP contribution < -0.4 is 0 Å². The highest BCUT2D eigenvalue weighted by Gasteiger charge is 2.51. The lowest BCUT2D eigenvalue weighted by Gasteiger charge is -2.54. The van der Waals surface area contributed by atoms with Crippen LogP contribution in [-0.4, -0.2) is 52.1 Å². The number of piperidine rings is 1. The molecular formula is C14H25NO4. The number of hydrogen-bond donors (Lipinski definition) is 2. The summed E-state index contributed by atoms with van der Waals surface area (Å²) in [5, 5.41) is 19.7. The normalized spacial score (nSPS) is 30.1. The number of rotatable bonds is 1. The van der Waals surface area contributed by atoms with Gasteiger partial charge in [-0.1, -0.05) is 6.42 Å². The van der Waals surface area contributed by atoms with Gasteiger partial charge in [-0.2, -0.15) is 0 Å². The van der Waals surface area contributed by atoms with Gasteiger partial charge in [-0.25, -0.2) is 4.79 Å². The fourth-order valence-electron chi connectivity index (χ4n) is 3.04. The number of ether oxygens (including phenoxy) is 1. The van der Waals surface area contributed by atoms with Crippen molar-refractivity contribution in [3.8, 4) is 0 Å². The summed E-state index contributed by atoms with van der Waals surface area (Å²) in [6.45, 7) is 5.85. The third-order valence-corrected chi connectivity index (χ3v) is 4.32. The number of aliphatic hydroxyl groups excluding tert-OH is 2. The Morgan fingerprint density at radius 3 is 2.47 bits per heavy atom. The third kappa shape index (κ3) is 2.87. The van der Waals surface area contributed by atoms with Gasteiger partial charge in [0.05, 0.1) is 18.8 Å². The van der Waals surface area contributed by atoms with Gasteiger partial charge in [-0.05, 0) is 40.0 Å². The van der Waals surface area contributed by atoms with Crippen LogP contribution in [0.15, 0.2) is 0 Å². The van der Waals surface area contributed by atoms with E-state index in [4.69, 9.17) is 4.74 Å². The monoisotopic (exact) mass is 271 g/mol. The van der Waals surface area contributed by atoms with Crippen molar-refractivity contribution in [1.82, 2.24) is 4.90 Å². The van der Waals surface area contributed by atoms with E-state index >= 15 is 0 Å². The second-order valence-electron chi connectivity index (χ2n) is 6.91. The highest BCUT2D eigenvalue weighted by Crippen LogP contribution is 2.48. The maximum Gasteiger partial charge on any atom is 0.410 e. The van der Waals surface area contributed by atoms with Gasteiger partial charge in [0.25, 0.3) is 0 Å². The largest absolute Gasteiger partial charge is 0.444 e. The van der Waals surface area contributed by atoms with Crippen molar-refractivity contribution < 1.29 is 19.7 Å². The molecule has 1 amide bonds. The highest BCUT2D eigenvalue weighted by molar-refractivity contribution is 5.69. The van der Waals surface area contributed by atoms with Crippen LogP contribution in [0.2, 0.25) is 0 Å². The molecule has 0 aromatic rings. The Labute approximate surface area is 114 Å². The minimum absolute atomic E-state index is 0.133. The summed E-state index contributed by atoms with van der Waals surface area (Å²) >= 11 is 0. The Hall–Kier alpha value is -0.810. The van der Waals surface area contributed by atoms with Crippen molar-refractivity contribution >= 4 is 6.09 Å². The maximum absolute atomic E-state index is 12.2. The summed E-state index contributed by atoms with van der Waals surface area (Å²) in [5.74, 6) is 0. The van der Waals surface area contributed by atoms with Crippen molar-refractivity contribution in [3.05, 3.63) is 0 Å². The summed E-state index contributed by atoms with van der Waals surface area (Å²) in [6.07, 6.45) is 2.64. The zero-order chi connectivity index (χ0) is 14.3. The topological polar surface area (TPSA) is 70.0 Å². The predicted octanol–water partition coefficient (Wildman–Crippen LogP) is 1.52. The number of hydrogen-bond acceptors (Lipinski definition) is 4. The van der Waals surface area contributed by atoms with Crippen LogP contribution in [0.25, 0.3) is 0 Å². The fourth-order valence-corrected chi connectivity index (χ4v) is 3.04. The summed E-state index contributed by atoms with van der Waals surface area (Å²) in [6, 6.07) is -0.337. The molecule has 2 N–H and O–H groups in total. The van der Waals surface area contributed by atoms with Crippen LogP contribution in [0.5, 0.6) is 0 Å². The first kappa shape index (κ1) is 14.6. The minimum Gasteiger partial charge on any atom is -0.444 e. The zero-order valence-corrected chi connectivity index (χ0v) is 12.1. The van der Waals surface area contributed by atoms with Gasteiger partial charge >= 0.3 is 6.09 Å². The van der Waals surface area contributed by atoms with E-state index in [1.165, 1.54) is 0 Å². The Morgan fingerprint density at radius 2 is 2.05 bits per heavy atom. The van der Waals surface area contributed by atoms with Gasteiger partial charge in [0.2, 0.25) is 0 Å². The number of amides is 1. The Kier molecular flexibility index (Phi) is 3.80. The molecule has 2 fully saturated rings. The number of nitrogens with zero attached hydrogens (tertiary/aromatic N) is 1. The molecular weight excluding hydrogens is 246 g/mol. The zero-order valence-electron chi connectivity index (χ0n) is 12.1. The summed E-state index contributed by atoms with van der Waals surface area (Å²) in [5.41, 5.74) is -0.706. The van der Waals surface area contributed by atoms with Crippen LogP contribution in [0.4, 0.5) is 4.79 Å². The molecule has 0 radical (unpaired) electrons. The van der Waals surface area contributed by atoms with E-state index in [9.17, 15) is 15.0 Å². The van der Waals surface area contributed by atoms with Crippen LogP contribution >= 0.6 is 0 Å². The predicted molar refractivity (Wildman–Crippen MR) is 70.7 cm³/mol. The molecule has 2 aliphatic rings. The van der Waals surface area contributed by atoms with Gasteiger partial charge in [0.1, 0.15) is 5.60 Å².